The Morgan fingerprint density at radius 2 is 1.67 bits per heavy atom. The predicted molar refractivity (Wildman–Crippen MR) is 78.6 cm³/mol. The third-order valence-electron chi connectivity index (χ3n) is 3.38. The van der Waals surface area contributed by atoms with E-state index >= 15 is 0 Å². The molecular weight excluding hydrogens is 277 g/mol. The van der Waals surface area contributed by atoms with Gasteiger partial charge in [0.1, 0.15) is 0 Å². The summed E-state index contributed by atoms with van der Waals surface area (Å²) in [6, 6.07) is 11.5. The molecule has 0 bridgehead atoms. The minimum atomic E-state index is -4.42. The van der Waals surface area contributed by atoms with Gasteiger partial charge in [0.2, 0.25) is 0 Å². The topological polar surface area (TPSA) is 29.3 Å². The van der Waals surface area contributed by atoms with Crippen LogP contribution in [0, 0.1) is 6.92 Å². The maximum atomic E-state index is 13.2. The molecule has 0 aromatic heterocycles. The first-order valence-electron chi connectivity index (χ1n) is 6.53. The molecule has 2 aromatic rings. The van der Waals surface area contributed by atoms with Crippen molar-refractivity contribution in [2.24, 2.45) is 5.73 Å². The van der Waals surface area contributed by atoms with Crippen molar-refractivity contribution in [3.05, 3.63) is 59.2 Å². The molecule has 2 aromatic carbocycles. The van der Waals surface area contributed by atoms with Gasteiger partial charge in [0.05, 0.1) is 11.3 Å². The van der Waals surface area contributed by atoms with Gasteiger partial charge >= 0.3 is 6.18 Å². The van der Waals surface area contributed by atoms with Crippen molar-refractivity contribution in [3.8, 4) is 0 Å². The molecule has 0 unspecified atom stereocenters. The molecule has 0 aliphatic heterocycles. The lowest BCUT2D eigenvalue weighted by Crippen LogP contribution is -2.17. The fourth-order valence-corrected chi connectivity index (χ4v) is 2.14. The van der Waals surface area contributed by atoms with Gasteiger partial charge < -0.3 is 10.6 Å². The molecular formula is C16H17F3N2. The quantitative estimate of drug-likeness (QED) is 0.917. The molecule has 0 fully saturated rings. The van der Waals surface area contributed by atoms with E-state index in [1.54, 1.807) is 25.2 Å². The minimum absolute atomic E-state index is 0.0810. The van der Waals surface area contributed by atoms with E-state index in [-0.39, 0.29) is 12.2 Å². The van der Waals surface area contributed by atoms with Crippen LogP contribution < -0.4 is 10.6 Å². The van der Waals surface area contributed by atoms with E-state index in [1.165, 1.54) is 11.0 Å². The molecule has 0 saturated heterocycles. The van der Waals surface area contributed by atoms with Crippen LogP contribution in [0.25, 0.3) is 0 Å². The zero-order valence-electron chi connectivity index (χ0n) is 11.9. The number of hydrogen-bond donors (Lipinski definition) is 1. The van der Waals surface area contributed by atoms with Gasteiger partial charge in [-0.25, -0.2) is 0 Å². The van der Waals surface area contributed by atoms with E-state index < -0.39 is 11.7 Å². The van der Waals surface area contributed by atoms with Crippen LogP contribution >= 0.6 is 0 Å². The molecule has 21 heavy (non-hydrogen) atoms. The number of alkyl halides is 3. The normalized spacial score (nSPS) is 11.5. The summed E-state index contributed by atoms with van der Waals surface area (Å²) in [6.45, 7) is 2.01. The Morgan fingerprint density at radius 1 is 1.05 bits per heavy atom. The van der Waals surface area contributed by atoms with Crippen LogP contribution in [0.4, 0.5) is 24.5 Å². The molecule has 0 aliphatic rings. The Morgan fingerprint density at radius 3 is 2.19 bits per heavy atom. The fraction of sp³-hybridized carbons (Fsp3) is 0.250. The summed E-state index contributed by atoms with van der Waals surface area (Å²) >= 11 is 0. The summed E-state index contributed by atoms with van der Waals surface area (Å²) in [7, 11) is 1.62. The highest BCUT2D eigenvalue weighted by Crippen LogP contribution is 2.39. The van der Waals surface area contributed by atoms with Crippen molar-refractivity contribution in [3.63, 3.8) is 0 Å². The Hall–Kier alpha value is -2.01. The highest BCUT2D eigenvalue weighted by Gasteiger charge is 2.34. The largest absolute Gasteiger partial charge is 0.418 e. The average molecular weight is 294 g/mol. The zero-order chi connectivity index (χ0) is 15.6. The van der Waals surface area contributed by atoms with Gasteiger partial charge in [0, 0.05) is 19.3 Å². The van der Waals surface area contributed by atoms with Crippen LogP contribution in [0.15, 0.2) is 42.5 Å². The molecule has 0 spiro atoms. The van der Waals surface area contributed by atoms with Crippen LogP contribution in [-0.2, 0) is 12.7 Å². The first-order chi connectivity index (χ1) is 9.82. The van der Waals surface area contributed by atoms with E-state index in [2.05, 4.69) is 0 Å². The van der Waals surface area contributed by atoms with Gasteiger partial charge in [0.25, 0.3) is 0 Å². The third-order valence-corrected chi connectivity index (χ3v) is 3.38. The molecule has 2 N–H and O–H groups in total. The average Bonchev–Trinajstić information content (AvgIpc) is 2.46. The highest BCUT2D eigenvalue weighted by molar-refractivity contribution is 5.67. The number of aryl methyl sites for hydroxylation is 1. The van der Waals surface area contributed by atoms with Gasteiger partial charge in [-0.1, -0.05) is 23.8 Å². The summed E-state index contributed by atoms with van der Waals surface area (Å²) in [5.41, 5.74) is 7.10. The first kappa shape index (κ1) is 15.4. The van der Waals surface area contributed by atoms with E-state index in [9.17, 15) is 13.2 Å². The standard InChI is InChI=1S/C16H17F3N2/c1-11-3-6-13(7-4-11)21(2)15-8-5-12(10-20)9-14(15)16(17,18)19/h3-9H,10,20H2,1-2H3. The number of benzene rings is 2. The predicted octanol–water partition coefficient (Wildman–Crippen LogP) is 4.24. The zero-order valence-corrected chi connectivity index (χ0v) is 11.9. The lowest BCUT2D eigenvalue weighted by molar-refractivity contribution is -0.137. The molecule has 0 aliphatic carbocycles. The van der Waals surface area contributed by atoms with Gasteiger partial charge in [-0.15, -0.1) is 0 Å². The Labute approximate surface area is 122 Å². The summed E-state index contributed by atoms with van der Waals surface area (Å²) in [5.74, 6) is 0. The number of rotatable bonds is 3. The number of halogens is 3. The summed E-state index contributed by atoms with van der Waals surface area (Å²) in [5, 5.41) is 0. The van der Waals surface area contributed by atoms with E-state index in [0.29, 0.717) is 11.3 Å². The summed E-state index contributed by atoms with van der Waals surface area (Å²) in [4.78, 5) is 1.53. The number of anilines is 2. The van der Waals surface area contributed by atoms with Crippen molar-refractivity contribution in [2.45, 2.75) is 19.6 Å². The van der Waals surface area contributed by atoms with Crippen molar-refractivity contribution in [2.75, 3.05) is 11.9 Å². The second-order valence-corrected chi connectivity index (χ2v) is 4.95. The van der Waals surface area contributed by atoms with Crippen LogP contribution in [0.2, 0.25) is 0 Å². The monoisotopic (exact) mass is 294 g/mol. The lowest BCUT2D eigenvalue weighted by atomic mass is 10.1. The van der Waals surface area contributed by atoms with Crippen molar-refractivity contribution >= 4 is 11.4 Å². The lowest BCUT2D eigenvalue weighted by Gasteiger charge is -2.24. The molecule has 5 heteroatoms. The van der Waals surface area contributed by atoms with E-state index in [0.717, 1.165) is 11.6 Å². The Bertz CT molecular complexity index is 618. The molecule has 0 saturated carbocycles. The first-order valence-corrected chi connectivity index (χ1v) is 6.53. The van der Waals surface area contributed by atoms with Crippen molar-refractivity contribution in [1.29, 1.82) is 0 Å². The number of nitrogens with zero attached hydrogens (tertiary/aromatic N) is 1. The Kier molecular flexibility index (Phi) is 4.23. The SMILES string of the molecule is Cc1ccc(N(C)c2ccc(CN)cc2C(F)(F)F)cc1. The minimum Gasteiger partial charge on any atom is -0.344 e. The van der Waals surface area contributed by atoms with E-state index in [1.807, 2.05) is 19.1 Å². The van der Waals surface area contributed by atoms with Gasteiger partial charge in [-0.3, -0.25) is 0 Å². The smallest absolute Gasteiger partial charge is 0.344 e. The fourth-order valence-electron chi connectivity index (χ4n) is 2.14. The molecule has 2 rings (SSSR count). The molecule has 0 atom stereocenters. The van der Waals surface area contributed by atoms with Crippen molar-refractivity contribution < 1.29 is 13.2 Å². The number of nitrogens with two attached hydrogens (primary N) is 1. The second kappa shape index (κ2) is 5.77. The summed E-state index contributed by atoms with van der Waals surface area (Å²) < 4.78 is 39.7. The van der Waals surface area contributed by atoms with Gasteiger partial charge in [-0.2, -0.15) is 13.2 Å². The highest BCUT2D eigenvalue weighted by atomic mass is 19.4. The second-order valence-electron chi connectivity index (χ2n) is 4.95. The molecule has 0 heterocycles. The molecule has 0 radical (unpaired) electrons. The molecule has 2 nitrogen and oxygen atoms in total. The van der Waals surface area contributed by atoms with Crippen LogP contribution in [0.5, 0.6) is 0 Å². The molecule has 0 amide bonds. The number of hydrogen-bond acceptors (Lipinski definition) is 2. The summed E-state index contributed by atoms with van der Waals surface area (Å²) in [6.07, 6.45) is -4.42. The van der Waals surface area contributed by atoms with Crippen LogP contribution in [0.1, 0.15) is 16.7 Å². The maximum Gasteiger partial charge on any atom is 0.418 e. The third kappa shape index (κ3) is 3.36. The van der Waals surface area contributed by atoms with Gasteiger partial charge in [-0.05, 0) is 36.8 Å². The van der Waals surface area contributed by atoms with E-state index in [4.69, 9.17) is 5.73 Å². The molecule has 112 valence electrons. The van der Waals surface area contributed by atoms with Crippen molar-refractivity contribution in [1.82, 2.24) is 0 Å². The van der Waals surface area contributed by atoms with Gasteiger partial charge in [0.15, 0.2) is 0 Å². The van der Waals surface area contributed by atoms with Crippen LogP contribution in [-0.4, -0.2) is 7.05 Å². The Balaban J connectivity index is 2.49. The van der Waals surface area contributed by atoms with Crippen LogP contribution in [0.3, 0.4) is 0 Å². The maximum absolute atomic E-state index is 13.2.